The number of allylic oxidation sites excluding steroid dienone is 4. The lowest BCUT2D eigenvalue weighted by molar-refractivity contribution is 0.660. The average molecular weight is 554 g/mol. The molecule has 3 nitrogen and oxygen atoms in total. The second-order valence-electron chi connectivity index (χ2n) is 12.0. The average Bonchev–Trinajstić information content (AvgIpc) is 3.30. The van der Waals surface area contributed by atoms with E-state index < -0.39 is 0 Å². The smallest absolute Gasteiger partial charge is 0.164 e. The Labute approximate surface area is 252 Å². The minimum atomic E-state index is -0.0874. The van der Waals surface area contributed by atoms with Crippen molar-refractivity contribution in [3.05, 3.63) is 144 Å². The van der Waals surface area contributed by atoms with Gasteiger partial charge in [-0.2, -0.15) is 0 Å². The van der Waals surface area contributed by atoms with Gasteiger partial charge >= 0.3 is 0 Å². The number of hydrogen-bond acceptors (Lipinski definition) is 3. The summed E-state index contributed by atoms with van der Waals surface area (Å²) in [6.07, 6.45) is 8.35. The fraction of sp³-hybridized carbons (Fsp3) is 0.125. The van der Waals surface area contributed by atoms with Crippen LogP contribution < -0.4 is 0 Å². The first-order valence-corrected chi connectivity index (χ1v) is 15.0. The third-order valence-electron chi connectivity index (χ3n) is 9.00. The Morgan fingerprint density at radius 2 is 1.19 bits per heavy atom. The third-order valence-corrected chi connectivity index (χ3v) is 9.00. The monoisotopic (exact) mass is 553 g/mol. The second kappa shape index (κ2) is 9.99. The molecule has 6 aromatic rings. The summed E-state index contributed by atoms with van der Waals surface area (Å²) in [4.78, 5) is 15.1. The van der Waals surface area contributed by atoms with Crippen molar-refractivity contribution in [3.63, 3.8) is 0 Å². The molecule has 0 spiro atoms. The molecule has 5 aromatic carbocycles. The van der Waals surface area contributed by atoms with Crippen molar-refractivity contribution in [2.75, 3.05) is 0 Å². The van der Waals surface area contributed by atoms with Crippen molar-refractivity contribution in [3.8, 4) is 45.0 Å². The van der Waals surface area contributed by atoms with Gasteiger partial charge in [-0.1, -0.05) is 129 Å². The zero-order valence-corrected chi connectivity index (χ0v) is 24.4. The number of aromatic nitrogens is 3. The van der Waals surface area contributed by atoms with Gasteiger partial charge in [-0.3, -0.25) is 0 Å². The van der Waals surface area contributed by atoms with E-state index in [1.54, 1.807) is 0 Å². The Morgan fingerprint density at radius 3 is 2.00 bits per heavy atom. The molecule has 2 aliphatic carbocycles. The molecule has 0 bridgehead atoms. The molecule has 206 valence electrons. The Hall–Kier alpha value is -5.15. The SMILES string of the molecule is CC1(C)c2ccccc2-c2ccc(-c3nc(C4=CC=CCC4)nc(-c4ccc(-c5ccc6ccccc6c5)cc4)n3)cc21. The van der Waals surface area contributed by atoms with Crippen molar-refractivity contribution >= 4 is 16.3 Å². The van der Waals surface area contributed by atoms with Gasteiger partial charge in [0, 0.05) is 16.5 Å². The van der Waals surface area contributed by atoms with Crippen molar-refractivity contribution < 1.29 is 0 Å². The summed E-state index contributed by atoms with van der Waals surface area (Å²) in [6.45, 7) is 4.62. The molecule has 0 saturated heterocycles. The summed E-state index contributed by atoms with van der Waals surface area (Å²) >= 11 is 0. The molecule has 0 unspecified atom stereocenters. The summed E-state index contributed by atoms with van der Waals surface area (Å²) in [5.74, 6) is 2.16. The predicted molar refractivity (Wildman–Crippen MR) is 178 cm³/mol. The molecule has 0 amide bonds. The maximum absolute atomic E-state index is 5.07. The van der Waals surface area contributed by atoms with E-state index in [-0.39, 0.29) is 5.41 Å². The van der Waals surface area contributed by atoms with Crippen molar-refractivity contribution in [1.29, 1.82) is 0 Å². The molecule has 0 radical (unpaired) electrons. The number of hydrogen-bond donors (Lipinski definition) is 0. The number of benzene rings is 5. The van der Waals surface area contributed by atoms with Gasteiger partial charge < -0.3 is 0 Å². The van der Waals surface area contributed by atoms with E-state index in [9.17, 15) is 0 Å². The second-order valence-corrected chi connectivity index (χ2v) is 12.0. The summed E-state index contributed by atoms with van der Waals surface area (Å²) < 4.78 is 0. The van der Waals surface area contributed by atoms with Crippen LogP contribution in [0.2, 0.25) is 0 Å². The van der Waals surface area contributed by atoms with Gasteiger partial charge in [-0.05, 0) is 74.7 Å². The van der Waals surface area contributed by atoms with E-state index in [4.69, 9.17) is 15.0 Å². The normalized spacial score (nSPS) is 14.8. The standard InChI is InChI=1S/C40H31N3/c1-40(2)35-15-9-8-14-33(35)34-23-22-32(25-36(34)40)39-42-37(28-11-4-3-5-12-28)41-38(43-39)29-19-16-27(17-20-29)31-21-18-26-10-6-7-13-30(26)24-31/h3-4,6-11,13-25H,5,12H2,1-2H3. The third kappa shape index (κ3) is 4.40. The fourth-order valence-corrected chi connectivity index (χ4v) is 6.59. The van der Waals surface area contributed by atoms with Crippen LogP contribution in [0.1, 0.15) is 43.6 Å². The zero-order valence-electron chi connectivity index (χ0n) is 24.4. The first-order valence-electron chi connectivity index (χ1n) is 15.0. The molecule has 0 fully saturated rings. The van der Waals surface area contributed by atoms with Crippen LogP contribution in [-0.4, -0.2) is 15.0 Å². The first-order chi connectivity index (χ1) is 21.0. The number of rotatable bonds is 4. The Balaban J connectivity index is 1.21. The van der Waals surface area contributed by atoms with E-state index in [1.165, 1.54) is 44.2 Å². The summed E-state index contributed by atoms with van der Waals surface area (Å²) in [5, 5.41) is 2.49. The molecule has 8 rings (SSSR count). The van der Waals surface area contributed by atoms with Crippen LogP contribution in [0, 0.1) is 0 Å². The zero-order chi connectivity index (χ0) is 29.0. The van der Waals surface area contributed by atoms with Crippen LogP contribution in [0.3, 0.4) is 0 Å². The lowest BCUT2D eigenvalue weighted by Crippen LogP contribution is -2.15. The van der Waals surface area contributed by atoms with Crippen LogP contribution in [-0.2, 0) is 5.41 Å². The highest BCUT2D eigenvalue weighted by Crippen LogP contribution is 2.49. The molecule has 1 heterocycles. The maximum Gasteiger partial charge on any atom is 0.164 e. The quantitative estimate of drug-likeness (QED) is 0.218. The van der Waals surface area contributed by atoms with Crippen molar-refractivity contribution in [2.45, 2.75) is 32.1 Å². The molecule has 0 atom stereocenters. The van der Waals surface area contributed by atoms with Crippen LogP contribution in [0.4, 0.5) is 0 Å². The summed E-state index contributed by atoms with van der Waals surface area (Å²) in [7, 11) is 0. The van der Waals surface area contributed by atoms with Gasteiger partial charge in [0.15, 0.2) is 17.5 Å². The van der Waals surface area contributed by atoms with Crippen LogP contribution >= 0.6 is 0 Å². The summed E-state index contributed by atoms with van der Waals surface area (Å²) in [5.41, 5.74) is 10.7. The number of nitrogens with zero attached hydrogens (tertiary/aromatic N) is 3. The van der Waals surface area contributed by atoms with E-state index in [2.05, 4.69) is 141 Å². The predicted octanol–water partition coefficient (Wildman–Crippen LogP) is 10.1. The molecular weight excluding hydrogens is 522 g/mol. The highest BCUT2D eigenvalue weighted by molar-refractivity contribution is 5.87. The van der Waals surface area contributed by atoms with E-state index in [1.807, 2.05) is 0 Å². The molecule has 2 aliphatic rings. The topological polar surface area (TPSA) is 38.7 Å². The van der Waals surface area contributed by atoms with Gasteiger partial charge in [-0.15, -0.1) is 0 Å². The largest absolute Gasteiger partial charge is 0.209 e. The molecule has 0 N–H and O–H groups in total. The molecule has 0 saturated carbocycles. The highest BCUT2D eigenvalue weighted by Gasteiger charge is 2.35. The van der Waals surface area contributed by atoms with Gasteiger partial charge in [-0.25, -0.2) is 15.0 Å². The van der Waals surface area contributed by atoms with Gasteiger partial charge in [0.25, 0.3) is 0 Å². The molecule has 3 heteroatoms. The molecule has 0 aliphatic heterocycles. The van der Waals surface area contributed by atoms with Gasteiger partial charge in [0.1, 0.15) is 0 Å². The van der Waals surface area contributed by atoms with Crippen LogP contribution in [0.5, 0.6) is 0 Å². The molecule has 1 aromatic heterocycles. The minimum absolute atomic E-state index is 0.0874. The van der Waals surface area contributed by atoms with Crippen LogP contribution in [0.15, 0.2) is 127 Å². The number of fused-ring (bicyclic) bond motifs is 4. The maximum atomic E-state index is 5.07. The van der Waals surface area contributed by atoms with E-state index in [0.29, 0.717) is 11.6 Å². The highest BCUT2D eigenvalue weighted by atomic mass is 15.0. The van der Waals surface area contributed by atoms with Gasteiger partial charge in [0.2, 0.25) is 0 Å². The van der Waals surface area contributed by atoms with Crippen molar-refractivity contribution in [1.82, 2.24) is 15.0 Å². The first kappa shape index (κ1) is 25.6. The van der Waals surface area contributed by atoms with E-state index >= 15 is 0 Å². The minimum Gasteiger partial charge on any atom is -0.209 e. The Kier molecular flexibility index (Phi) is 5.94. The lowest BCUT2D eigenvalue weighted by Gasteiger charge is -2.21. The molecule has 43 heavy (non-hydrogen) atoms. The Morgan fingerprint density at radius 1 is 0.535 bits per heavy atom. The molecular formula is C40H31N3. The van der Waals surface area contributed by atoms with E-state index in [0.717, 1.165) is 35.4 Å². The van der Waals surface area contributed by atoms with Gasteiger partial charge in [0.05, 0.1) is 0 Å². The Bertz CT molecular complexity index is 2100. The lowest BCUT2D eigenvalue weighted by atomic mass is 9.82. The van der Waals surface area contributed by atoms with Crippen molar-refractivity contribution in [2.24, 2.45) is 0 Å². The fourth-order valence-electron chi connectivity index (χ4n) is 6.59. The summed E-state index contributed by atoms with van der Waals surface area (Å²) in [6, 6.07) is 39.1. The van der Waals surface area contributed by atoms with Crippen LogP contribution in [0.25, 0.3) is 61.4 Å².